The lowest BCUT2D eigenvalue weighted by molar-refractivity contribution is -0.139. The molecule has 35 heavy (non-hydrogen) atoms. The van der Waals surface area contributed by atoms with Gasteiger partial charge in [0.15, 0.2) is 0 Å². The maximum atomic E-state index is 13.1. The second-order valence-electron chi connectivity index (χ2n) is 9.41. The zero-order chi connectivity index (χ0) is 24.4. The number of rotatable bonds is 4. The Bertz CT molecular complexity index is 1290. The number of amides is 3. The van der Waals surface area contributed by atoms with Gasteiger partial charge >= 0.3 is 5.97 Å². The van der Waals surface area contributed by atoms with Gasteiger partial charge in [0.1, 0.15) is 5.75 Å². The van der Waals surface area contributed by atoms with Gasteiger partial charge in [0, 0.05) is 19.0 Å². The third-order valence-electron chi connectivity index (χ3n) is 7.44. The van der Waals surface area contributed by atoms with Crippen LogP contribution in [0.15, 0.2) is 54.6 Å². The van der Waals surface area contributed by atoms with Crippen molar-refractivity contribution in [3.05, 3.63) is 64.7 Å². The predicted octanol–water partition coefficient (Wildman–Crippen LogP) is 4.26. The van der Waals surface area contributed by atoms with E-state index in [-0.39, 0.29) is 65.1 Å². The lowest BCUT2D eigenvalue weighted by Gasteiger charge is -2.19. The molecule has 6 rings (SSSR count). The van der Waals surface area contributed by atoms with Gasteiger partial charge in [0.2, 0.25) is 17.7 Å². The molecule has 4 aliphatic rings. The number of esters is 1. The number of benzene rings is 2. The number of carbonyl (C=O) groups excluding carboxylic acids is 4. The van der Waals surface area contributed by atoms with Crippen molar-refractivity contribution < 1.29 is 23.9 Å². The number of nitrogens with zero attached hydrogens (tertiary/aromatic N) is 2. The molecular weight excluding hydrogens is 491 g/mol. The monoisotopic (exact) mass is 510 g/mol. The molecule has 0 aromatic heterocycles. The van der Waals surface area contributed by atoms with Crippen LogP contribution in [-0.2, 0) is 19.2 Å². The summed E-state index contributed by atoms with van der Waals surface area (Å²) in [6, 6.07) is 11.4. The zero-order valence-electron chi connectivity index (χ0n) is 18.4. The van der Waals surface area contributed by atoms with Crippen LogP contribution in [0.3, 0.4) is 0 Å². The summed E-state index contributed by atoms with van der Waals surface area (Å²) in [5.74, 6) is -2.11. The van der Waals surface area contributed by atoms with E-state index in [1.54, 1.807) is 36.4 Å². The molecule has 5 atom stereocenters. The van der Waals surface area contributed by atoms with Gasteiger partial charge in [-0.15, -0.1) is 0 Å². The molecule has 2 aromatic carbocycles. The van der Waals surface area contributed by atoms with Crippen molar-refractivity contribution in [3.63, 3.8) is 0 Å². The molecule has 1 saturated carbocycles. The summed E-state index contributed by atoms with van der Waals surface area (Å²) < 4.78 is 5.57. The molecule has 0 unspecified atom stereocenters. The summed E-state index contributed by atoms with van der Waals surface area (Å²) in [5.41, 5.74) is 0.829. The summed E-state index contributed by atoms with van der Waals surface area (Å²) in [4.78, 5) is 54.3. The van der Waals surface area contributed by atoms with E-state index in [0.717, 1.165) is 6.42 Å². The van der Waals surface area contributed by atoms with Gasteiger partial charge in [0.05, 0.1) is 39.2 Å². The van der Waals surface area contributed by atoms with Crippen LogP contribution in [0.1, 0.15) is 12.8 Å². The summed E-state index contributed by atoms with van der Waals surface area (Å²) in [5, 5.41) is 0.566. The Labute approximate surface area is 211 Å². The van der Waals surface area contributed by atoms with E-state index in [9.17, 15) is 19.2 Å². The molecule has 178 valence electrons. The SMILES string of the molecule is O=C(Oc1cccc(N2C(=O)[C@H]3[C@H](C2=O)[C@H]2C=C[C@H]3C2)c1)[C@H]1CC(=O)N(c2cccc(Cl)c2Cl)C1. The van der Waals surface area contributed by atoms with Gasteiger partial charge in [-0.3, -0.25) is 19.2 Å². The van der Waals surface area contributed by atoms with E-state index in [0.29, 0.717) is 16.4 Å². The quantitative estimate of drug-likeness (QED) is 0.265. The third kappa shape index (κ3) is 3.48. The summed E-state index contributed by atoms with van der Waals surface area (Å²) >= 11 is 12.3. The molecule has 0 N–H and O–H groups in total. The molecule has 2 aliphatic carbocycles. The van der Waals surface area contributed by atoms with E-state index in [4.69, 9.17) is 27.9 Å². The fourth-order valence-electron chi connectivity index (χ4n) is 5.84. The van der Waals surface area contributed by atoms with Gasteiger partial charge in [-0.1, -0.05) is 47.5 Å². The first-order chi connectivity index (χ1) is 16.8. The van der Waals surface area contributed by atoms with E-state index >= 15 is 0 Å². The number of imide groups is 1. The van der Waals surface area contributed by atoms with Crippen LogP contribution in [-0.4, -0.2) is 30.2 Å². The largest absolute Gasteiger partial charge is 0.426 e. The van der Waals surface area contributed by atoms with Crippen molar-refractivity contribution in [2.75, 3.05) is 16.3 Å². The van der Waals surface area contributed by atoms with Crippen molar-refractivity contribution in [2.24, 2.45) is 29.6 Å². The van der Waals surface area contributed by atoms with Crippen LogP contribution in [0.5, 0.6) is 5.75 Å². The lowest BCUT2D eigenvalue weighted by atomic mass is 9.85. The fourth-order valence-corrected chi connectivity index (χ4v) is 6.24. The first-order valence-electron chi connectivity index (χ1n) is 11.5. The van der Waals surface area contributed by atoms with Crippen molar-refractivity contribution in [2.45, 2.75) is 12.8 Å². The maximum Gasteiger partial charge on any atom is 0.316 e. The van der Waals surface area contributed by atoms with Crippen LogP contribution in [0, 0.1) is 29.6 Å². The van der Waals surface area contributed by atoms with E-state index < -0.39 is 11.9 Å². The van der Waals surface area contributed by atoms with Gasteiger partial charge in [0.25, 0.3) is 0 Å². The van der Waals surface area contributed by atoms with E-state index in [2.05, 4.69) is 0 Å². The van der Waals surface area contributed by atoms with Crippen molar-refractivity contribution in [1.82, 2.24) is 0 Å². The van der Waals surface area contributed by atoms with Crippen LogP contribution < -0.4 is 14.5 Å². The molecule has 2 aliphatic heterocycles. The zero-order valence-corrected chi connectivity index (χ0v) is 19.9. The molecule has 0 radical (unpaired) electrons. The topological polar surface area (TPSA) is 84.0 Å². The molecular formula is C26H20Cl2N2O5. The highest BCUT2D eigenvalue weighted by atomic mass is 35.5. The fraction of sp³-hybridized carbons (Fsp3) is 0.308. The van der Waals surface area contributed by atoms with E-state index in [1.165, 1.54) is 15.9 Å². The Morgan fingerprint density at radius 1 is 0.943 bits per heavy atom. The minimum absolute atomic E-state index is 0.0242. The molecule has 0 spiro atoms. The van der Waals surface area contributed by atoms with Crippen molar-refractivity contribution in [3.8, 4) is 5.75 Å². The Kier molecular flexibility index (Phi) is 5.23. The Morgan fingerprint density at radius 3 is 2.34 bits per heavy atom. The number of allylic oxidation sites excluding steroid dienone is 2. The molecule has 7 nitrogen and oxygen atoms in total. The summed E-state index contributed by atoms with van der Waals surface area (Å²) in [7, 11) is 0. The number of fused-ring (bicyclic) bond motifs is 5. The number of anilines is 2. The summed E-state index contributed by atoms with van der Waals surface area (Å²) in [6.45, 7) is 0.111. The third-order valence-corrected chi connectivity index (χ3v) is 8.25. The number of carbonyl (C=O) groups is 4. The van der Waals surface area contributed by atoms with Crippen molar-refractivity contribution in [1.29, 1.82) is 0 Å². The second kappa shape index (κ2) is 8.21. The molecule has 2 heterocycles. The second-order valence-corrected chi connectivity index (χ2v) is 10.2. The Balaban J connectivity index is 1.18. The van der Waals surface area contributed by atoms with Gasteiger partial charge < -0.3 is 9.64 Å². The average molecular weight is 511 g/mol. The first kappa shape index (κ1) is 22.3. The molecule has 9 heteroatoms. The first-order valence-corrected chi connectivity index (χ1v) is 12.2. The Morgan fingerprint density at radius 2 is 1.63 bits per heavy atom. The predicted molar refractivity (Wildman–Crippen MR) is 129 cm³/mol. The molecule has 3 amide bonds. The number of hydrogen-bond donors (Lipinski definition) is 0. The number of ether oxygens (including phenoxy) is 1. The highest BCUT2D eigenvalue weighted by molar-refractivity contribution is 6.44. The van der Waals surface area contributed by atoms with Crippen molar-refractivity contribution >= 4 is 58.3 Å². The minimum Gasteiger partial charge on any atom is -0.426 e. The smallest absolute Gasteiger partial charge is 0.316 e. The van der Waals surface area contributed by atoms with Crippen LogP contribution in [0.4, 0.5) is 11.4 Å². The highest BCUT2D eigenvalue weighted by Gasteiger charge is 2.59. The van der Waals surface area contributed by atoms with Gasteiger partial charge in [-0.05, 0) is 42.5 Å². The average Bonchev–Trinajstić information content (AvgIpc) is 3.59. The number of hydrogen-bond acceptors (Lipinski definition) is 5. The molecule has 2 bridgehead atoms. The molecule has 3 fully saturated rings. The summed E-state index contributed by atoms with van der Waals surface area (Å²) in [6.07, 6.45) is 4.92. The maximum absolute atomic E-state index is 13.1. The molecule has 2 aromatic rings. The standard InChI is InChI=1S/C26H20Cl2N2O5/c27-18-5-2-6-19(23(18)28)29-12-15(10-20(29)31)26(34)35-17-4-1-3-16(11-17)30-24(32)21-13-7-8-14(9-13)22(21)25(30)33/h1-8,11,13-15,21-22H,9-10,12H2/t13-,14-,15-,21+,22+/m0/s1. The molecule has 2 saturated heterocycles. The highest BCUT2D eigenvalue weighted by Crippen LogP contribution is 2.53. The van der Waals surface area contributed by atoms with Crippen LogP contribution >= 0.6 is 23.2 Å². The van der Waals surface area contributed by atoms with Gasteiger partial charge in [-0.2, -0.15) is 0 Å². The van der Waals surface area contributed by atoms with E-state index in [1.807, 2.05) is 12.2 Å². The van der Waals surface area contributed by atoms with Crippen LogP contribution in [0.2, 0.25) is 10.0 Å². The lowest BCUT2D eigenvalue weighted by Crippen LogP contribution is -2.32. The Hall–Kier alpha value is -3.16. The minimum atomic E-state index is -0.697. The van der Waals surface area contributed by atoms with Crippen LogP contribution in [0.25, 0.3) is 0 Å². The normalized spacial score (nSPS) is 28.9. The number of halogens is 2. The van der Waals surface area contributed by atoms with Gasteiger partial charge in [-0.25, -0.2) is 4.90 Å².